The maximum absolute atomic E-state index is 13.8. The Hall–Kier alpha value is -2.20. The Morgan fingerprint density at radius 2 is 2.30 bits per heavy atom. The monoisotopic (exact) mass is 336 g/mol. The number of halogens is 2. The third-order valence-corrected chi connectivity index (χ3v) is 2.86. The SMILES string of the molecule is CCNc1ncc(Br)c(Oc2ccc(C#N)cc2F)n1. The van der Waals surface area contributed by atoms with Gasteiger partial charge in [-0.2, -0.15) is 10.2 Å². The number of aromatic nitrogens is 2. The van der Waals surface area contributed by atoms with Crippen molar-refractivity contribution in [3.63, 3.8) is 0 Å². The Morgan fingerprint density at radius 3 is 2.95 bits per heavy atom. The first kappa shape index (κ1) is 14.2. The zero-order valence-electron chi connectivity index (χ0n) is 10.5. The molecule has 1 aromatic carbocycles. The van der Waals surface area contributed by atoms with Crippen molar-refractivity contribution in [1.82, 2.24) is 9.97 Å². The van der Waals surface area contributed by atoms with Gasteiger partial charge in [0.05, 0.1) is 22.3 Å². The quantitative estimate of drug-likeness (QED) is 0.925. The number of anilines is 1. The first-order valence-corrected chi connectivity index (χ1v) is 6.57. The highest BCUT2D eigenvalue weighted by Crippen LogP contribution is 2.29. The minimum atomic E-state index is -0.625. The lowest BCUT2D eigenvalue weighted by Crippen LogP contribution is -2.03. The molecule has 5 nitrogen and oxygen atoms in total. The van der Waals surface area contributed by atoms with E-state index in [9.17, 15) is 4.39 Å². The van der Waals surface area contributed by atoms with Crippen LogP contribution in [0.2, 0.25) is 0 Å². The van der Waals surface area contributed by atoms with E-state index in [0.29, 0.717) is 17.0 Å². The highest BCUT2D eigenvalue weighted by molar-refractivity contribution is 9.10. The summed E-state index contributed by atoms with van der Waals surface area (Å²) >= 11 is 3.24. The minimum absolute atomic E-state index is 0.00847. The Kier molecular flexibility index (Phi) is 4.48. The van der Waals surface area contributed by atoms with Gasteiger partial charge in [-0.15, -0.1) is 0 Å². The number of nitrogens with one attached hydrogen (secondary N) is 1. The normalized spacial score (nSPS) is 9.90. The van der Waals surface area contributed by atoms with Gasteiger partial charge in [-0.05, 0) is 41.1 Å². The highest BCUT2D eigenvalue weighted by Gasteiger charge is 2.11. The summed E-state index contributed by atoms with van der Waals surface area (Å²) in [6, 6.07) is 5.82. The van der Waals surface area contributed by atoms with E-state index < -0.39 is 5.82 Å². The molecule has 0 aliphatic rings. The zero-order chi connectivity index (χ0) is 14.5. The number of nitrogens with zero attached hydrogens (tertiary/aromatic N) is 3. The molecule has 1 N–H and O–H groups in total. The topological polar surface area (TPSA) is 70.8 Å². The zero-order valence-corrected chi connectivity index (χ0v) is 12.1. The molecule has 0 spiro atoms. The summed E-state index contributed by atoms with van der Waals surface area (Å²) in [6.07, 6.45) is 1.52. The van der Waals surface area contributed by atoms with Crippen LogP contribution < -0.4 is 10.1 Å². The Bertz CT molecular complexity index is 672. The van der Waals surface area contributed by atoms with Crippen molar-refractivity contribution in [3.05, 3.63) is 40.2 Å². The van der Waals surface area contributed by atoms with Gasteiger partial charge < -0.3 is 10.1 Å². The van der Waals surface area contributed by atoms with Crippen LogP contribution in [0, 0.1) is 17.1 Å². The third-order valence-electron chi connectivity index (χ3n) is 2.31. The van der Waals surface area contributed by atoms with E-state index in [0.717, 1.165) is 6.07 Å². The molecule has 0 saturated carbocycles. The molecule has 0 amide bonds. The summed E-state index contributed by atoms with van der Waals surface area (Å²) < 4.78 is 19.7. The summed E-state index contributed by atoms with van der Waals surface area (Å²) in [5.41, 5.74) is 0.227. The molecular formula is C13H10BrFN4O. The van der Waals surface area contributed by atoms with Crippen molar-refractivity contribution in [2.75, 3.05) is 11.9 Å². The van der Waals surface area contributed by atoms with Gasteiger partial charge in [-0.1, -0.05) is 0 Å². The van der Waals surface area contributed by atoms with Crippen LogP contribution in [0.25, 0.3) is 0 Å². The molecule has 0 saturated heterocycles. The van der Waals surface area contributed by atoms with Crippen LogP contribution in [-0.4, -0.2) is 16.5 Å². The molecule has 0 radical (unpaired) electrons. The van der Waals surface area contributed by atoms with Gasteiger partial charge in [0.2, 0.25) is 11.8 Å². The molecule has 0 aliphatic carbocycles. The lowest BCUT2D eigenvalue weighted by Gasteiger charge is -2.09. The second-order valence-electron chi connectivity index (χ2n) is 3.74. The van der Waals surface area contributed by atoms with Crippen molar-refractivity contribution in [1.29, 1.82) is 5.26 Å². The molecule has 102 valence electrons. The Labute approximate surface area is 123 Å². The van der Waals surface area contributed by atoms with Crippen molar-refractivity contribution in [2.24, 2.45) is 0 Å². The fraction of sp³-hybridized carbons (Fsp3) is 0.154. The number of ether oxygens (including phenoxy) is 1. The van der Waals surface area contributed by atoms with Crippen molar-refractivity contribution < 1.29 is 9.13 Å². The van der Waals surface area contributed by atoms with Gasteiger partial charge in [0.1, 0.15) is 0 Å². The van der Waals surface area contributed by atoms with Gasteiger partial charge in [-0.3, -0.25) is 0 Å². The van der Waals surface area contributed by atoms with Crippen molar-refractivity contribution in [3.8, 4) is 17.7 Å². The average Bonchev–Trinajstić information content (AvgIpc) is 2.44. The largest absolute Gasteiger partial charge is 0.435 e. The molecule has 0 unspecified atom stereocenters. The van der Waals surface area contributed by atoms with Gasteiger partial charge >= 0.3 is 0 Å². The Balaban J connectivity index is 2.30. The van der Waals surface area contributed by atoms with E-state index in [1.165, 1.54) is 18.3 Å². The first-order chi connectivity index (χ1) is 9.63. The molecule has 2 aromatic rings. The van der Waals surface area contributed by atoms with Gasteiger partial charge in [0, 0.05) is 6.54 Å². The van der Waals surface area contributed by atoms with E-state index in [1.807, 2.05) is 13.0 Å². The van der Waals surface area contributed by atoms with Crippen LogP contribution in [0.1, 0.15) is 12.5 Å². The van der Waals surface area contributed by atoms with Crippen molar-refractivity contribution in [2.45, 2.75) is 6.92 Å². The second-order valence-corrected chi connectivity index (χ2v) is 4.59. The standard InChI is InChI=1S/C13H10BrFN4O/c1-2-17-13-18-7-9(14)12(19-13)20-11-4-3-8(6-16)5-10(11)15/h3-5,7H,2H2,1H3,(H,17,18,19). The number of nitriles is 1. The lowest BCUT2D eigenvalue weighted by atomic mass is 10.2. The van der Waals surface area contributed by atoms with Crippen LogP contribution in [0.4, 0.5) is 10.3 Å². The summed E-state index contributed by atoms with van der Waals surface area (Å²) in [6.45, 7) is 2.57. The molecule has 20 heavy (non-hydrogen) atoms. The molecule has 0 atom stereocenters. The fourth-order valence-corrected chi connectivity index (χ4v) is 1.70. The fourth-order valence-electron chi connectivity index (χ4n) is 1.42. The van der Waals surface area contributed by atoms with E-state index in [-0.39, 0.29) is 17.2 Å². The average molecular weight is 337 g/mol. The number of hydrogen-bond donors (Lipinski definition) is 1. The molecule has 1 aromatic heterocycles. The van der Waals surface area contributed by atoms with Crippen molar-refractivity contribution >= 4 is 21.9 Å². The number of benzene rings is 1. The van der Waals surface area contributed by atoms with E-state index in [2.05, 4.69) is 31.2 Å². The number of hydrogen-bond acceptors (Lipinski definition) is 5. The van der Waals surface area contributed by atoms with Gasteiger partial charge in [0.15, 0.2) is 11.6 Å². The van der Waals surface area contributed by atoms with Gasteiger partial charge in [-0.25, -0.2) is 9.37 Å². The number of rotatable bonds is 4. The maximum atomic E-state index is 13.8. The first-order valence-electron chi connectivity index (χ1n) is 5.78. The lowest BCUT2D eigenvalue weighted by molar-refractivity contribution is 0.424. The van der Waals surface area contributed by atoms with E-state index in [4.69, 9.17) is 10.00 Å². The second kappa shape index (κ2) is 6.30. The van der Waals surface area contributed by atoms with E-state index >= 15 is 0 Å². The molecule has 0 aliphatic heterocycles. The van der Waals surface area contributed by atoms with Crippen LogP contribution in [-0.2, 0) is 0 Å². The van der Waals surface area contributed by atoms with Crippen LogP contribution in [0.5, 0.6) is 11.6 Å². The summed E-state index contributed by atoms with van der Waals surface area (Å²) in [5.74, 6) is -0.0512. The molecule has 1 heterocycles. The molecule has 0 fully saturated rings. The highest BCUT2D eigenvalue weighted by atomic mass is 79.9. The summed E-state index contributed by atoms with van der Waals surface area (Å²) in [4.78, 5) is 8.15. The molecular weight excluding hydrogens is 327 g/mol. The predicted molar refractivity (Wildman–Crippen MR) is 75.1 cm³/mol. The van der Waals surface area contributed by atoms with Crippen LogP contribution >= 0.6 is 15.9 Å². The summed E-state index contributed by atoms with van der Waals surface area (Å²) in [7, 11) is 0. The molecule has 2 rings (SSSR count). The van der Waals surface area contributed by atoms with E-state index in [1.54, 1.807) is 0 Å². The van der Waals surface area contributed by atoms with Gasteiger partial charge in [0.25, 0.3) is 0 Å². The minimum Gasteiger partial charge on any atom is -0.435 e. The molecule has 0 bridgehead atoms. The summed E-state index contributed by atoms with van der Waals surface area (Å²) in [5, 5.41) is 11.6. The smallest absolute Gasteiger partial charge is 0.238 e. The van der Waals surface area contributed by atoms with Crippen LogP contribution in [0.3, 0.4) is 0 Å². The Morgan fingerprint density at radius 1 is 1.50 bits per heavy atom. The van der Waals surface area contributed by atoms with Crippen LogP contribution in [0.15, 0.2) is 28.9 Å². The molecule has 7 heteroatoms. The third kappa shape index (κ3) is 3.22. The maximum Gasteiger partial charge on any atom is 0.238 e. The predicted octanol–water partition coefficient (Wildman–Crippen LogP) is 3.47.